The number of amides is 1. The number of β-lactam (4-membered cyclic amide) rings is 1. The van der Waals surface area contributed by atoms with E-state index in [-0.39, 0.29) is 11.4 Å². The van der Waals surface area contributed by atoms with E-state index in [0.29, 0.717) is 29.1 Å². The molecule has 5 aliphatic rings. The number of benzene rings is 2. The summed E-state index contributed by atoms with van der Waals surface area (Å²) in [5, 5.41) is 0. The lowest BCUT2D eigenvalue weighted by atomic mass is 9.50. The second-order valence-corrected chi connectivity index (χ2v) is 10.8. The van der Waals surface area contributed by atoms with Crippen molar-refractivity contribution >= 4 is 11.9 Å². The second-order valence-electron chi connectivity index (χ2n) is 10.8. The van der Waals surface area contributed by atoms with Gasteiger partial charge in [0.1, 0.15) is 11.6 Å². The van der Waals surface area contributed by atoms with E-state index < -0.39 is 23.2 Å². The van der Waals surface area contributed by atoms with Crippen molar-refractivity contribution in [3.05, 3.63) is 65.5 Å². The zero-order valence-electron chi connectivity index (χ0n) is 19.6. The van der Waals surface area contributed by atoms with E-state index in [9.17, 15) is 14.0 Å². The van der Waals surface area contributed by atoms with E-state index in [1.54, 1.807) is 19.2 Å². The Morgan fingerprint density at radius 3 is 1.97 bits per heavy atom. The van der Waals surface area contributed by atoms with Crippen molar-refractivity contribution in [2.75, 3.05) is 14.2 Å². The SMILES string of the molecule is COC(=O)[C@@]1(c2ccc(F)cc2)C(=O)N(C23CC4CC(CC(C4)C2)C3)[C@H]1c1ccc(OC)cc1. The summed E-state index contributed by atoms with van der Waals surface area (Å²) >= 11 is 0. The third kappa shape index (κ3) is 2.83. The van der Waals surface area contributed by atoms with Gasteiger partial charge in [-0.15, -0.1) is 0 Å². The van der Waals surface area contributed by atoms with Crippen LogP contribution in [-0.4, -0.2) is 36.5 Å². The summed E-state index contributed by atoms with van der Waals surface area (Å²) in [4.78, 5) is 29.8. The van der Waals surface area contributed by atoms with Crippen molar-refractivity contribution in [1.82, 2.24) is 4.90 Å². The monoisotopic (exact) mass is 463 g/mol. The summed E-state index contributed by atoms with van der Waals surface area (Å²) in [5.74, 6) is 1.44. The molecular weight excluding hydrogens is 433 g/mol. The summed E-state index contributed by atoms with van der Waals surface area (Å²) < 4.78 is 24.5. The highest BCUT2D eigenvalue weighted by atomic mass is 19.1. The van der Waals surface area contributed by atoms with Crippen molar-refractivity contribution in [2.45, 2.75) is 55.5 Å². The molecule has 6 heteroatoms. The number of ether oxygens (including phenoxy) is 2. The van der Waals surface area contributed by atoms with Gasteiger partial charge in [0.15, 0.2) is 5.41 Å². The molecule has 0 N–H and O–H groups in total. The van der Waals surface area contributed by atoms with E-state index in [0.717, 1.165) is 24.8 Å². The van der Waals surface area contributed by atoms with Crippen LogP contribution in [-0.2, 0) is 19.7 Å². The molecule has 2 aromatic carbocycles. The van der Waals surface area contributed by atoms with Gasteiger partial charge in [-0.25, -0.2) is 4.39 Å². The summed E-state index contributed by atoms with van der Waals surface area (Å²) in [6.07, 6.45) is 6.77. The Morgan fingerprint density at radius 1 is 0.912 bits per heavy atom. The molecule has 0 aromatic heterocycles. The van der Waals surface area contributed by atoms with Crippen LogP contribution in [0.15, 0.2) is 48.5 Å². The Kier molecular flexibility index (Phi) is 4.81. The maximum atomic E-state index is 14.3. The van der Waals surface area contributed by atoms with Gasteiger partial charge >= 0.3 is 5.97 Å². The molecule has 4 bridgehead atoms. The first-order valence-electron chi connectivity index (χ1n) is 12.2. The molecule has 178 valence electrons. The molecular formula is C28H30FNO4. The molecule has 1 heterocycles. The molecule has 1 amide bonds. The zero-order valence-corrected chi connectivity index (χ0v) is 19.6. The van der Waals surface area contributed by atoms with E-state index >= 15 is 0 Å². The highest BCUT2D eigenvalue weighted by molar-refractivity contribution is 6.15. The molecule has 5 fully saturated rings. The molecule has 5 nitrogen and oxygen atoms in total. The third-order valence-corrected chi connectivity index (χ3v) is 8.98. The van der Waals surface area contributed by atoms with E-state index in [1.165, 1.54) is 38.5 Å². The quantitative estimate of drug-likeness (QED) is 0.363. The summed E-state index contributed by atoms with van der Waals surface area (Å²) in [7, 11) is 2.93. The topological polar surface area (TPSA) is 55.8 Å². The van der Waals surface area contributed by atoms with Crippen LogP contribution in [0.2, 0.25) is 0 Å². The minimum atomic E-state index is -1.53. The van der Waals surface area contributed by atoms with Crippen LogP contribution in [0.5, 0.6) is 5.75 Å². The number of rotatable bonds is 5. The molecule has 0 spiro atoms. The number of nitrogens with zero attached hydrogens (tertiary/aromatic N) is 1. The van der Waals surface area contributed by atoms with E-state index in [2.05, 4.69) is 0 Å². The van der Waals surface area contributed by atoms with Gasteiger partial charge < -0.3 is 14.4 Å². The van der Waals surface area contributed by atoms with Crippen molar-refractivity contribution in [2.24, 2.45) is 17.8 Å². The molecule has 1 saturated heterocycles. The van der Waals surface area contributed by atoms with Crippen LogP contribution in [0.4, 0.5) is 4.39 Å². The zero-order chi connectivity index (χ0) is 23.7. The number of carbonyl (C=O) groups excluding carboxylic acids is 2. The summed E-state index contributed by atoms with van der Waals surface area (Å²) in [5.41, 5.74) is -0.410. The van der Waals surface area contributed by atoms with E-state index in [1.807, 2.05) is 29.2 Å². The van der Waals surface area contributed by atoms with Gasteiger partial charge in [0, 0.05) is 5.54 Å². The predicted molar refractivity (Wildman–Crippen MR) is 124 cm³/mol. The molecule has 7 rings (SSSR count). The molecule has 2 aromatic rings. The lowest BCUT2D eigenvalue weighted by Crippen LogP contribution is -2.77. The molecule has 34 heavy (non-hydrogen) atoms. The molecule has 0 radical (unpaired) electrons. The first kappa shape index (κ1) is 21.6. The first-order valence-corrected chi connectivity index (χ1v) is 12.2. The smallest absolute Gasteiger partial charge is 0.328 e. The van der Waals surface area contributed by atoms with Gasteiger partial charge in [-0.1, -0.05) is 24.3 Å². The van der Waals surface area contributed by atoms with Crippen LogP contribution in [0.3, 0.4) is 0 Å². The first-order chi connectivity index (χ1) is 16.4. The average Bonchev–Trinajstić information content (AvgIpc) is 2.82. The maximum Gasteiger partial charge on any atom is 0.328 e. The standard InChI is InChI=1S/C28H30FNO4/c1-33-23-9-3-20(4-10-23)24-28(26(32)34-2,21-5-7-22(29)8-6-21)25(31)30(24)27-14-17-11-18(15-27)13-19(12-17)16-27/h3-10,17-19,24H,11-16H2,1-2H3/t17?,18?,19?,24-,27?,28+/m0/s1. The van der Waals surface area contributed by atoms with Crippen LogP contribution in [0.1, 0.15) is 55.7 Å². The lowest BCUT2D eigenvalue weighted by molar-refractivity contribution is -0.203. The average molecular weight is 464 g/mol. The van der Waals surface area contributed by atoms with Crippen LogP contribution in [0.25, 0.3) is 0 Å². The lowest BCUT2D eigenvalue weighted by Gasteiger charge is -2.68. The molecule has 2 atom stereocenters. The third-order valence-electron chi connectivity index (χ3n) is 8.98. The van der Waals surface area contributed by atoms with Gasteiger partial charge in [-0.3, -0.25) is 9.59 Å². The summed E-state index contributed by atoms with van der Waals surface area (Å²) in [6, 6.07) is 12.8. The molecule has 4 aliphatic carbocycles. The number of methoxy groups -OCH3 is 2. The fourth-order valence-corrected chi connectivity index (χ4v) is 8.06. The van der Waals surface area contributed by atoms with Crippen molar-refractivity contribution in [3.63, 3.8) is 0 Å². The second kappa shape index (κ2) is 7.56. The van der Waals surface area contributed by atoms with Crippen LogP contribution >= 0.6 is 0 Å². The van der Waals surface area contributed by atoms with Gasteiger partial charge in [0.25, 0.3) is 0 Å². The minimum absolute atomic E-state index is 0.214. The van der Waals surface area contributed by atoms with Gasteiger partial charge in [0.2, 0.25) is 5.91 Å². The summed E-state index contributed by atoms with van der Waals surface area (Å²) in [6.45, 7) is 0. The van der Waals surface area contributed by atoms with Crippen LogP contribution < -0.4 is 4.74 Å². The van der Waals surface area contributed by atoms with Crippen molar-refractivity contribution < 1.29 is 23.5 Å². The highest BCUT2D eigenvalue weighted by Gasteiger charge is 2.73. The molecule has 1 aliphatic heterocycles. The molecule has 4 saturated carbocycles. The van der Waals surface area contributed by atoms with Gasteiger partial charge in [-0.05, 0) is 91.7 Å². The maximum absolute atomic E-state index is 14.3. The van der Waals surface area contributed by atoms with Crippen molar-refractivity contribution in [3.8, 4) is 5.75 Å². The number of esters is 1. The number of carbonyl (C=O) groups is 2. The highest BCUT2D eigenvalue weighted by Crippen LogP contribution is 2.65. The Hall–Kier alpha value is -2.89. The number of halogens is 1. The largest absolute Gasteiger partial charge is 0.497 e. The number of likely N-dealkylation sites (tertiary alicyclic amines) is 1. The predicted octanol–water partition coefficient (Wildman–Crippen LogP) is 4.80. The Bertz CT molecular complexity index is 1090. The Balaban J connectivity index is 1.52. The van der Waals surface area contributed by atoms with E-state index in [4.69, 9.17) is 9.47 Å². The fourth-order valence-electron chi connectivity index (χ4n) is 8.06. The molecule has 0 unspecified atom stereocenters. The van der Waals surface area contributed by atoms with Crippen molar-refractivity contribution in [1.29, 1.82) is 0 Å². The fraction of sp³-hybridized carbons (Fsp3) is 0.500. The van der Waals surface area contributed by atoms with Crippen LogP contribution in [0, 0.1) is 23.6 Å². The van der Waals surface area contributed by atoms with Gasteiger partial charge in [0.05, 0.1) is 20.3 Å². The number of hydrogen-bond donors (Lipinski definition) is 0. The number of hydrogen-bond acceptors (Lipinski definition) is 4. The Morgan fingerprint density at radius 2 is 1.47 bits per heavy atom. The minimum Gasteiger partial charge on any atom is -0.497 e. The Labute approximate surface area is 199 Å². The van der Waals surface area contributed by atoms with Gasteiger partial charge in [-0.2, -0.15) is 0 Å². The normalized spacial score (nSPS) is 35.7.